The van der Waals surface area contributed by atoms with Crippen LogP contribution in [0.15, 0.2) is 59.5 Å². The Labute approximate surface area is 120 Å². The molecule has 0 aliphatic heterocycles. The predicted octanol–water partition coefficient (Wildman–Crippen LogP) is 2.27. The van der Waals surface area contributed by atoms with E-state index in [1.54, 1.807) is 18.3 Å². The maximum atomic E-state index is 12.9. The first kappa shape index (κ1) is 13.5. The van der Waals surface area contributed by atoms with E-state index in [9.17, 15) is 14.3 Å². The Kier molecular flexibility index (Phi) is 3.50. The molecule has 0 unspecified atom stereocenters. The maximum absolute atomic E-state index is 12.9. The quantitative estimate of drug-likeness (QED) is 0.802. The van der Waals surface area contributed by atoms with Gasteiger partial charge in [0.15, 0.2) is 0 Å². The van der Waals surface area contributed by atoms with Gasteiger partial charge in [-0.2, -0.15) is 5.10 Å². The second-order valence-electron chi connectivity index (χ2n) is 4.79. The smallest absolute Gasteiger partial charge is 0.274 e. The predicted molar refractivity (Wildman–Crippen MR) is 77.4 cm³/mol. The average molecular weight is 284 g/mol. The van der Waals surface area contributed by atoms with Gasteiger partial charge in [0.2, 0.25) is 0 Å². The summed E-state index contributed by atoms with van der Waals surface area (Å²) in [7, 11) is 0. The Bertz CT molecular complexity index is 828. The summed E-state index contributed by atoms with van der Waals surface area (Å²) < 4.78 is 14.1. The van der Waals surface area contributed by atoms with Crippen LogP contribution in [-0.2, 0) is 6.54 Å². The molecule has 106 valence electrons. The number of hydrogen-bond donors (Lipinski definition) is 1. The van der Waals surface area contributed by atoms with Gasteiger partial charge in [-0.1, -0.05) is 30.3 Å². The number of rotatable bonds is 3. The molecular weight excluding hydrogens is 271 g/mol. The van der Waals surface area contributed by atoms with E-state index in [4.69, 9.17) is 0 Å². The Morgan fingerprint density at radius 3 is 2.62 bits per heavy atom. The van der Waals surface area contributed by atoms with Crippen molar-refractivity contribution < 1.29 is 9.50 Å². The van der Waals surface area contributed by atoms with E-state index in [0.717, 1.165) is 5.39 Å². The highest BCUT2D eigenvalue weighted by Gasteiger charge is 2.11. The van der Waals surface area contributed by atoms with Gasteiger partial charge in [-0.15, -0.1) is 0 Å². The van der Waals surface area contributed by atoms with Gasteiger partial charge in [0.25, 0.3) is 5.56 Å². The van der Waals surface area contributed by atoms with Gasteiger partial charge in [0, 0.05) is 5.39 Å². The van der Waals surface area contributed by atoms with Crippen LogP contribution in [0.4, 0.5) is 4.39 Å². The molecule has 0 spiro atoms. The summed E-state index contributed by atoms with van der Waals surface area (Å²) in [4.78, 5) is 12.3. The van der Waals surface area contributed by atoms with E-state index in [-0.39, 0.29) is 17.9 Å². The number of hydrogen-bond acceptors (Lipinski definition) is 3. The monoisotopic (exact) mass is 284 g/mol. The van der Waals surface area contributed by atoms with Crippen molar-refractivity contribution in [2.75, 3.05) is 0 Å². The number of nitrogens with zero attached hydrogens (tertiary/aromatic N) is 2. The van der Waals surface area contributed by atoms with E-state index in [1.165, 1.54) is 28.9 Å². The third-order valence-corrected chi connectivity index (χ3v) is 3.36. The fourth-order valence-electron chi connectivity index (χ4n) is 2.21. The Morgan fingerprint density at radius 2 is 1.86 bits per heavy atom. The van der Waals surface area contributed by atoms with Crippen molar-refractivity contribution >= 4 is 10.8 Å². The molecule has 1 aromatic heterocycles. The first-order valence-corrected chi connectivity index (χ1v) is 6.53. The van der Waals surface area contributed by atoms with Crippen molar-refractivity contribution in [2.45, 2.75) is 12.6 Å². The molecule has 21 heavy (non-hydrogen) atoms. The van der Waals surface area contributed by atoms with Crippen LogP contribution in [0.1, 0.15) is 11.7 Å². The van der Waals surface area contributed by atoms with E-state index in [2.05, 4.69) is 5.10 Å². The molecule has 0 bridgehead atoms. The molecule has 5 heteroatoms. The highest BCUT2D eigenvalue weighted by molar-refractivity contribution is 5.80. The van der Waals surface area contributed by atoms with Gasteiger partial charge in [0.05, 0.1) is 24.2 Å². The van der Waals surface area contributed by atoms with Crippen LogP contribution in [0.3, 0.4) is 0 Å². The SMILES string of the molecule is O=c1c2ccccc2cnn1C[C@@H](O)c1ccc(F)cc1. The molecular formula is C16H13FN2O2. The molecule has 0 saturated carbocycles. The van der Waals surface area contributed by atoms with Crippen molar-refractivity contribution in [1.82, 2.24) is 9.78 Å². The lowest BCUT2D eigenvalue weighted by Crippen LogP contribution is -2.25. The summed E-state index contributed by atoms with van der Waals surface area (Å²) in [6, 6.07) is 12.7. The van der Waals surface area contributed by atoms with Gasteiger partial charge in [0.1, 0.15) is 5.82 Å². The number of fused-ring (bicyclic) bond motifs is 1. The summed E-state index contributed by atoms with van der Waals surface area (Å²) in [5.41, 5.74) is 0.285. The minimum absolute atomic E-state index is 0.0231. The molecule has 0 fully saturated rings. The van der Waals surface area contributed by atoms with Gasteiger partial charge in [-0.3, -0.25) is 4.79 Å². The van der Waals surface area contributed by atoms with Crippen LogP contribution >= 0.6 is 0 Å². The van der Waals surface area contributed by atoms with Crippen LogP contribution in [0.25, 0.3) is 10.8 Å². The molecule has 1 heterocycles. The zero-order chi connectivity index (χ0) is 14.8. The highest BCUT2D eigenvalue weighted by atomic mass is 19.1. The normalized spacial score (nSPS) is 12.5. The van der Waals surface area contributed by atoms with Crippen molar-refractivity contribution in [2.24, 2.45) is 0 Å². The number of aromatic nitrogens is 2. The fourth-order valence-corrected chi connectivity index (χ4v) is 2.21. The third-order valence-electron chi connectivity index (χ3n) is 3.36. The van der Waals surface area contributed by atoms with Crippen molar-refractivity contribution in [3.8, 4) is 0 Å². The highest BCUT2D eigenvalue weighted by Crippen LogP contribution is 2.15. The van der Waals surface area contributed by atoms with E-state index in [0.29, 0.717) is 10.9 Å². The Hall–Kier alpha value is -2.53. The lowest BCUT2D eigenvalue weighted by molar-refractivity contribution is 0.149. The van der Waals surface area contributed by atoms with Crippen molar-refractivity contribution in [1.29, 1.82) is 0 Å². The molecule has 3 rings (SSSR count). The molecule has 4 nitrogen and oxygen atoms in total. The summed E-state index contributed by atoms with van der Waals surface area (Å²) in [6.45, 7) is 0.0231. The lowest BCUT2D eigenvalue weighted by Gasteiger charge is -2.12. The first-order valence-electron chi connectivity index (χ1n) is 6.53. The molecule has 3 aromatic rings. The Morgan fingerprint density at radius 1 is 1.14 bits per heavy atom. The van der Waals surface area contributed by atoms with Gasteiger partial charge < -0.3 is 5.11 Å². The summed E-state index contributed by atoms with van der Waals surface area (Å²) >= 11 is 0. The summed E-state index contributed by atoms with van der Waals surface area (Å²) in [5, 5.41) is 15.5. The zero-order valence-corrected chi connectivity index (χ0v) is 11.1. The second kappa shape index (κ2) is 5.46. The molecule has 0 radical (unpaired) electrons. The molecule has 1 N–H and O–H groups in total. The first-order chi connectivity index (χ1) is 10.1. The maximum Gasteiger partial charge on any atom is 0.274 e. The van der Waals surface area contributed by atoms with Crippen LogP contribution in [0.2, 0.25) is 0 Å². The number of benzene rings is 2. The average Bonchev–Trinajstić information content (AvgIpc) is 2.51. The molecule has 0 aliphatic rings. The largest absolute Gasteiger partial charge is 0.386 e. The zero-order valence-electron chi connectivity index (χ0n) is 11.1. The van der Waals surface area contributed by atoms with Gasteiger partial charge in [-0.05, 0) is 23.8 Å². The van der Waals surface area contributed by atoms with Gasteiger partial charge in [-0.25, -0.2) is 9.07 Å². The van der Waals surface area contributed by atoms with Crippen LogP contribution < -0.4 is 5.56 Å². The molecule has 0 saturated heterocycles. The Balaban J connectivity index is 1.93. The molecule has 0 amide bonds. The number of halogens is 1. The number of aliphatic hydroxyl groups excluding tert-OH is 1. The molecule has 1 atom stereocenters. The van der Waals surface area contributed by atoms with E-state index < -0.39 is 6.10 Å². The van der Waals surface area contributed by atoms with Gasteiger partial charge >= 0.3 is 0 Å². The van der Waals surface area contributed by atoms with E-state index >= 15 is 0 Å². The van der Waals surface area contributed by atoms with Crippen molar-refractivity contribution in [3.63, 3.8) is 0 Å². The van der Waals surface area contributed by atoms with E-state index in [1.807, 2.05) is 12.1 Å². The minimum atomic E-state index is -0.919. The topological polar surface area (TPSA) is 55.1 Å². The minimum Gasteiger partial charge on any atom is -0.386 e. The summed E-state index contributed by atoms with van der Waals surface area (Å²) in [5.74, 6) is -0.369. The van der Waals surface area contributed by atoms with Crippen LogP contribution in [-0.4, -0.2) is 14.9 Å². The number of aliphatic hydroxyl groups is 1. The van der Waals surface area contributed by atoms with Crippen LogP contribution in [0.5, 0.6) is 0 Å². The molecule has 2 aromatic carbocycles. The standard InChI is InChI=1S/C16H13FN2O2/c17-13-7-5-11(6-8-13)15(20)10-19-16(21)14-4-2-1-3-12(14)9-18-19/h1-9,15,20H,10H2/t15-/m1/s1. The van der Waals surface area contributed by atoms with Crippen LogP contribution in [0, 0.1) is 5.82 Å². The lowest BCUT2D eigenvalue weighted by atomic mass is 10.1. The second-order valence-corrected chi connectivity index (χ2v) is 4.79. The van der Waals surface area contributed by atoms with Crippen molar-refractivity contribution in [3.05, 3.63) is 76.5 Å². The molecule has 0 aliphatic carbocycles. The summed E-state index contributed by atoms with van der Waals surface area (Å²) in [6.07, 6.45) is 0.672. The fraction of sp³-hybridized carbons (Fsp3) is 0.125. The third kappa shape index (κ3) is 2.68.